The average molecular weight is 251 g/mol. The van der Waals surface area contributed by atoms with E-state index in [1.807, 2.05) is 37.9 Å². The highest BCUT2D eigenvalue weighted by atomic mass is 16.4. The van der Waals surface area contributed by atoms with E-state index in [1.54, 1.807) is 12.1 Å². The van der Waals surface area contributed by atoms with Crippen LogP contribution in [0, 0.1) is 5.92 Å². The Morgan fingerprint density at radius 1 is 1.28 bits per heavy atom. The molecule has 0 heterocycles. The molecule has 0 spiro atoms. The lowest BCUT2D eigenvalue weighted by molar-refractivity contribution is -0.144. The zero-order chi connectivity index (χ0) is 13.7. The second-order valence-corrected chi connectivity index (χ2v) is 4.92. The van der Waals surface area contributed by atoms with Crippen LogP contribution in [-0.4, -0.2) is 40.7 Å². The number of likely N-dealkylation sites (N-methyl/N-ethyl adjacent to an activating group) is 1. The summed E-state index contributed by atoms with van der Waals surface area (Å²) < 4.78 is 0. The monoisotopic (exact) mass is 251 g/mol. The standard InChI is InChI=1S/C14H21NO3/c1-10(2)13(14(17)18)15(3)9-8-11-4-6-12(16)7-5-11/h4-7,10,13,16H,8-9H2,1-3H3,(H,17,18)/t13-/m0/s1. The van der Waals surface area contributed by atoms with Gasteiger partial charge >= 0.3 is 5.97 Å². The molecule has 100 valence electrons. The Morgan fingerprint density at radius 2 is 1.83 bits per heavy atom. The SMILES string of the molecule is CC(C)[C@@H](C(=O)O)N(C)CCc1ccc(O)cc1. The number of phenols is 1. The highest BCUT2D eigenvalue weighted by molar-refractivity contribution is 5.73. The third-order valence-electron chi connectivity index (χ3n) is 3.05. The van der Waals surface area contributed by atoms with Gasteiger partial charge < -0.3 is 10.2 Å². The first-order valence-corrected chi connectivity index (χ1v) is 6.12. The normalized spacial score (nSPS) is 12.9. The van der Waals surface area contributed by atoms with E-state index < -0.39 is 12.0 Å². The van der Waals surface area contributed by atoms with Crippen LogP contribution in [0.25, 0.3) is 0 Å². The summed E-state index contributed by atoms with van der Waals surface area (Å²) in [4.78, 5) is 13.0. The lowest BCUT2D eigenvalue weighted by Crippen LogP contribution is -2.43. The molecule has 0 aliphatic heterocycles. The molecule has 0 unspecified atom stereocenters. The highest BCUT2D eigenvalue weighted by Gasteiger charge is 2.25. The van der Waals surface area contributed by atoms with Crippen molar-refractivity contribution in [3.63, 3.8) is 0 Å². The number of hydrogen-bond donors (Lipinski definition) is 2. The molecule has 0 aromatic heterocycles. The number of benzene rings is 1. The molecular weight excluding hydrogens is 230 g/mol. The lowest BCUT2D eigenvalue weighted by atomic mass is 10.0. The first-order chi connectivity index (χ1) is 8.41. The van der Waals surface area contributed by atoms with Crippen LogP contribution in [0.2, 0.25) is 0 Å². The van der Waals surface area contributed by atoms with Gasteiger partial charge in [-0.1, -0.05) is 26.0 Å². The number of aromatic hydroxyl groups is 1. The molecule has 0 amide bonds. The van der Waals surface area contributed by atoms with Crippen molar-refractivity contribution in [2.75, 3.05) is 13.6 Å². The summed E-state index contributed by atoms with van der Waals surface area (Å²) >= 11 is 0. The maximum Gasteiger partial charge on any atom is 0.321 e. The smallest absolute Gasteiger partial charge is 0.321 e. The summed E-state index contributed by atoms with van der Waals surface area (Å²) in [5.41, 5.74) is 1.09. The number of carbonyl (C=O) groups is 1. The van der Waals surface area contributed by atoms with Crippen LogP contribution in [0.5, 0.6) is 5.75 Å². The number of aliphatic carboxylic acids is 1. The van der Waals surface area contributed by atoms with E-state index in [0.717, 1.165) is 12.0 Å². The topological polar surface area (TPSA) is 60.8 Å². The molecule has 18 heavy (non-hydrogen) atoms. The van der Waals surface area contributed by atoms with Gasteiger partial charge in [-0.15, -0.1) is 0 Å². The van der Waals surface area contributed by atoms with Crippen molar-refractivity contribution in [3.05, 3.63) is 29.8 Å². The Kier molecular flexibility index (Phi) is 5.16. The first kappa shape index (κ1) is 14.5. The Morgan fingerprint density at radius 3 is 2.28 bits per heavy atom. The molecule has 1 aromatic carbocycles. The van der Waals surface area contributed by atoms with Crippen LogP contribution in [0.4, 0.5) is 0 Å². The van der Waals surface area contributed by atoms with E-state index in [1.165, 1.54) is 0 Å². The third kappa shape index (κ3) is 4.04. The minimum absolute atomic E-state index is 0.0762. The molecular formula is C14H21NO3. The number of nitrogens with zero attached hydrogens (tertiary/aromatic N) is 1. The molecule has 1 aromatic rings. The number of rotatable bonds is 6. The minimum Gasteiger partial charge on any atom is -0.508 e. The molecule has 0 radical (unpaired) electrons. The maximum atomic E-state index is 11.2. The third-order valence-corrected chi connectivity index (χ3v) is 3.05. The van der Waals surface area contributed by atoms with E-state index in [9.17, 15) is 15.0 Å². The molecule has 1 rings (SSSR count). The molecule has 0 bridgehead atoms. The van der Waals surface area contributed by atoms with Gasteiger partial charge in [-0.25, -0.2) is 0 Å². The number of carboxylic acid groups (broad SMARTS) is 1. The largest absolute Gasteiger partial charge is 0.508 e. The van der Waals surface area contributed by atoms with Gasteiger partial charge in [0.25, 0.3) is 0 Å². The predicted octanol–water partition coefficient (Wildman–Crippen LogP) is 1.98. The van der Waals surface area contributed by atoms with Crippen LogP contribution in [0.3, 0.4) is 0 Å². The van der Waals surface area contributed by atoms with Crippen molar-refractivity contribution >= 4 is 5.97 Å². The van der Waals surface area contributed by atoms with Gasteiger partial charge in [0.1, 0.15) is 11.8 Å². The van der Waals surface area contributed by atoms with E-state index in [-0.39, 0.29) is 11.7 Å². The van der Waals surface area contributed by atoms with Crippen LogP contribution in [0.1, 0.15) is 19.4 Å². The Hall–Kier alpha value is -1.55. The molecule has 4 nitrogen and oxygen atoms in total. The van der Waals surface area contributed by atoms with Crippen molar-refractivity contribution in [2.24, 2.45) is 5.92 Å². The summed E-state index contributed by atoms with van der Waals surface area (Å²) in [6.45, 7) is 4.51. The summed E-state index contributed by atoms with van der Waals surface area (Å²) in [7, 11) is 1.83. The zero-order valence-electron chi connectivity index (χ0n) is 11.1. The van der Waals surface area contributed by atoms with Gasteiger partial charge in [-0.2, -0.15) is 0 Å². The Labute approximate surface area is 108 Å². The van der Waals surface area contributed by atoms with Gasteiger partial charge in [0.15, 0.2) is 0 Å². The number of hydrogen-bond acceptors (Lipinski definition) is 3. The second-order valence-electron chi connectivity index (χ2n) is 4.92. The molecule has 0 aliphatic carbocycles. The van der Waals surface area contributed by atoms with E-state index in [0.29, 0.717) is 6.54 Å². The highest BCUT2D eigenvalue weighted by Crippen LogP contribution is 2.13. The summed E-state index contributed by atoms with van der Waals surface area (Å²) in [6, 6.07) is 6.55. The molecule has 0 saturated carbocycles. The lowest BCUT2D eigenvalue weighted by Gasteiger charge is -2.27. The maximum absolute atomic E-state index is 11.2. The van der Waals surface area contributed by atoms with Crippen molar-refractivity contribution in [1.29, 1.82) is 0 Å². The summed E-state index contributed by atoms with van der Waals surface area (Å²) in [5.74, 6) is -0.455. The van der Waals surface area contributed by atoms with Crippen molar-refractivity contribution < 1.29 is 15.0 Å². The van der Waals surface area contributed by atoms with E-state index >= 15 is 0 Å². The van der Waals surface area contributed by atoms with Gasteiger partial charge in [-0.05, 0) is 37.1 Å². The fourth-order valence-corrected chi connectivity index (χ4v) is 2.09. The van der Waals surface area contributed by atoms with E-state index in [4.69, 9.17) is 0 Å². The molecule has 4 heteroatoms. The molecule has 2 N–H and O–H groups in total. The predicted molar refractivity (Wildman–Crippen MR) is 70.7 cm³/mol. The number of carboxylic acids is 1. The Bertz CT molecular complexity index is 387. The van der Waals surface area contributed by atoms with Crippen molar-refractivity contribution in [2.45, 2.75) is 26.3 Å². The van der Waals surface area contributed by atoms with Gasteiger partial charge in [0.05, 0.1) is 0 Å². The number of phenolic OH excluding ortho intramolecular Hbond substituents is 1. The summed E-state index contributed by atoms with van der Waals surface area (Å²) in [5, 5.41) is 18.4. The quantitative estimate of drug-likeness (QED) is 0.811. The molecule has 1 atom stereocenters. The van der Waals surface area contributed by atoms with Gasteiger partial charge in [0, 0.05) is 6.54 Å². The van der Waals surface area contributed by atoms with Crippen LogP contribution in [0.15, 0.2) is 24.3 Å². The van der Waals surface area contributed by atoms with Gasteiger partial charge in [-0.3, -0.25) is 9.69 Å². The molecule has 0 saturated heterocycles. The molecule has 0 fully saturated rings. The average Bonchev–Trinajstić information content (AvgIpc) is 2.27. The second kappa shape index (κ2) is 6.40. The zero-order valence-corrected chi connectivity index (χ0v) is 11.1. The fourth-order valence-electron chi connectivity index (χ4n) is 2.09. The van der Waals surface area contributed by atoms with Gasteiger partial charge in [0.2, 0.25) is 0 Å². The fraction of sp³-hybridized carbons (Fsp3) is 0.500. The van der Waals surface area contributed by atoms with Crippen LogP contribution >= 0.6 is 0 Å². The molecule has 0 aliphatic rings. The Balaban J connectivity index is 2.56. The summed E-state index contributed by atoms with van der Waals surface area (Å²) in [6.07, 6.45) is 0.771. The van der Waals surface area contributed by atoms with Crippen molar-refractivity contribution in [3.8, 4) is 5.75 Å². The van der Waals surface area contributed by atoms with Crippen LogP contribution < -0.4 is 0 Å². The minimum atomic E-state index is -0.779. The first-order valence-electron chi connectivity index (χ1n) is 6.12. The van der Waals surface area contributed by atoms with E-state index in [2.05, 4.69) is 0 Å². The van der Waals surface area contributed by atoms with Crippen LogP contribution in [-0.2, 0) is 11.2 Å². The van der Waals surface area contributed by atoms with Crippen molar-refractivity contribution in [1.82, 2.24) is 4.90 Å².